The van der Waals surface area contributed by atoms with Crippen LogP contribution >= 0.6 is 11.3 Å². The van der Waals surface area contributed by atoms with Gasteiger partial charge in [0.05, 0.1) is 18.0 Å². The zero-order chi connectivity index (χ0) is 11.0. The first-order chi connectivity index (χ1) is 7.15. The van der Waals surface area contributed by atoms with Crippen molar-refractivity contribution in [3.8, 4) is 5.75 Å². The van der Waals surface area contributed by atoms with E-state index in [0.29, 0.717) is 10.9 Å². The largest absolute Gasteiger partial charge is 0.506 e. The van der Waals surface area contributed by atoms with Crippen LogP contribution < -0.4 is 5.56 Å². The second kappa shape index (κ2) is 3.39. The molecule has 0 bridgehead atoms. The lowest BCUT2D eigenvalue weighted by Gasteiger charge is -2.02. The van der Waals surface area contributed by atoms with E-state index in [1.807, 2.05) is 0 Å². The van der Waals surface area contributed by atoms with E-state index in [-0.39, 0.29) is 11.3 Å². The Bertz CT molecular complexity index is 583. The van der Waals surface area contributed by atoms with Gasteiger partial charge in [-0.2, -0.15) is 0 Å². The molecule has 2 aromatic rings. The van der Waals surface area contributed by atoms with Crippen LogP contribution in [0.25, 0.3) is 10.9 Å². The van der Waals surface area contributed by atoms with Crippen molar-refractivity contribution in [2.75, 3.05) is 7.11 Å². The Morgan fingerprint density at radius 2 is 2.27 bits per heavy atom. The molecule has 0 amide bonds. The zero-order valence-electron chi connectivity index (χ0n) is 7.73. The molecule has 2 heterocycles. The third-order valence-corrected chi connectivity index (χ3v) is 2.76. The number of aromatic nitrogens is 1. The van der Waals surface area contributed by atoms with E-state index in [1.54, 1.807) is 10.8 Å². The van der Waals surface area contributed by atoms with Crippen LogP contribution in [-0.2, 0) is 4.74 Å². The molecule has 0 saturated carbocycles. The molecule has 0 atom stereocenters. The number of esters is 1. The molecule has 0 radical (unpaired) electrons. The third-order valence-electron chi connectivity index (χ3n) is 2.02. The minimum Gasteiger partial charge on any atom is -0.506 e. The Morgan fingerprint density at radius 3 is 2.93 bits per heavy atom. The van der Waals surface area contributed by atoms with Crippen LogP contribution in [0.5, 0.6) is 5.75 Å². The molecular weight excluding hydrogens is 218 g/mol. The van der Waals surface area contributed by atoms with E-state index in [0.717, 1.165) is 7.11 Å². The molecule has 5 nitrogen and oxygen atoms in total. The van der Waals surface area contributed by atoms with Gasteiger partial charge in [0.2, 0.25) is 0 Å². The second-order valence-corrected chi connectivity index (χ2v) is 3.61. The highest BCUT2D eigenvalue weighted by Crippen LogP contribution is 2.27. The van der Waals surface area contributed by atoms with Gasteiger partial charge in [-0.25, -0.2) is 4.79 Å². The van der Waals surface area contributed by atoms with E-state index in [4.69, 9.17) is 0 Å². The lowest BCUT2D eigenvalue weighted by atomic mass is 10.2. The summed E-state index contributed by atoms with van der Waals surface area (Å²) >= 11 is 1.32. The Balaban J connectivity index is 2.84. The molecule has 2 N–H and O–H groups in total. The van der Waals surface area contributed by atoms with Crippen LogP contribution in [-0.4, -0.2) is 23.2 Å². The van der Waals surface area contributed by atoms with E-state index in [9.17, 15) is 14.7 Å². The summed E-state index contributed by atoms with van der Waals surface area (Å²) in [6.07, 6.45) is 0. The number of aromatic amines is 1. The summed E-state index contributed by atoms with van der Waals surface area (Å²) in [5.74, 6) is -1.18. The van der Waals surface area contributed by atoms with Gasteiger partial charge in [-0.05, 0) is 0 Å². The maximum atomic E-state index is 11.4. The lowest BCUT2D eigenvalue weighted by molar-refractivity contribution is 0.0595. The fourth-order valence-electron chi connectivity index (χ4n) is 1.30. The van der Waals surface area contributed by atoms with Gasteiger partial charge in [-0.3, -0.25) is 4.79 Å². The molecule has 15 heavy (non-hydrogen) atoms. The van der Waals surface area contributed by atoms with Gasteiger partial charge in [-0.1, -0.05) is 0 Å². The second-order valence-electron chi connectivity index (χ2n) is 2.87. The Labute approximate surface area is 87.9 Å². The van der Waals surface area contributed by atoms with Crippen molar-refractivity contribution in [2.45, 2.75) is 0 Å². The third kappa shape index (κ3) is 1.39. The molecule has 0 unspecified atom stereocenters. The molecule has 0 aliphatic heterocycles. The van der Waals surface area contributed by atoms with Crippen LogP contribution in [0.15, 0.2) is 15.6 Å². The first-order valence-corrected chi connectivity index (χ1v) is 4.99. The number of nitrogens with one attached hydrogen (secondary N) is 1. The first-order valence-electron chi connectivity index (χ1n) is 4.04. The van der Waals surface area contributed by atoms with E-state index >= 15 is 0 Å². The maximum Gasteiger partial charge on any atom is 0.347 e. The number of ether oxygens (including phenoxy) is 1. The monoisotopic (exact) mass is 225 g/mol. The minimum absolute atomic E-state index is 0.332. The maximum absolute atomic E-state index is 11.4. The van der Waals surface area contributed by atoms with Gasteiger partial charge in [0.15, 0.2) is 5.56 Å². The number of pyridine rings is 1. The summed E-state index contributed by atoms with van der Waals surface area (Å²) in [6.45, 7) is 0. The molecule has 2 aromatic heterocycles. The van der Waals surface area contributed by atoms with Crippen molar-refractivity contribution in [3.05, 3.63) is 26.7 Å². The topological polar surface area (TPSA) is 79.4 Å². The highest BCUT2D eigenvalue weighted by Gasteiger charge is 2.19. The average molecular weight is 225 g/mol. The lowest BCUT2D eigenvalue weighted by Crippen LogP contribution is -2.18. The van der Waals surface area contributed by atoms with Gasteiger partial charge < -0.3 is 14.8 Å². The number of aromatic hydroxyl groups is 1. The molecule has 6 heteroatoms. The Hall–Kier alpha value is -1.82. The fourth-order valence-corrected chi connectivity index (χ4v) is 2.06. The molecular formula is C9H7NO4S. The van der Waals surface area contributed by atoms with E-state index in [2.05, 4.69) is 9.72 Å². The van der Waals surface area contributed by atoms with Crippen molar-refractivity contribution in [1.82, 2.24) is 4.98 Å². The Kier molecular flexibility index (Phi) is 2.20. The summed E-state index contributed by atoms with van der Waals surface area (Å²) < 4.78 is 4.41. The number of hydrogen-bond acceptors (Lipinski definition) is 5. The molecule has 2 rings (SSSR count). The fraction of sp³-hybridized carbons (Fsp3) is 0.111. The number of thiophene rings is 1. The molecule has 0 aromatic carbocycles. The summed E-state index contributed by atoms with van der Waals surface area (Å²) in [6, 6.07) is 0. The smallest absolute Gasteiger partial charge is 0.347 e. The van der Waals surface area contributed by atoms with Crippen molar-refractivity contribution >= 4 is 28.2 Å². The molecule has 0 fully saturated rings. The number of carbonyl (C=O) groups excluding carboxylic acids is 1. The van der Waals surface area contributed by atoms with Crippen molar-refractivity contribution < 1.29 is 14.6 Å². The van der Waals surface area contributed by atoms with Crippen LogP contribution in [0, 0.1) is 0 Å². The van der Waals surface area contributed by atoms with Gasteiger partial charge in [-0.15, -0.1) is 11.3 Å². The highest BCUT2D eigenvalue weighted by molar-refractivity contribution is 7.09. The number of fused-ring (bicyclic) bond motifs is 1. The number of methoxy groups -OCH3 is 1. The normalized spacial score (nSPS) is 10.5. The SMILES string of the molecule is COC(=O)c1c(O)c2cscc2[nH]c1=O. The molecule has 0 saturated heterocycles. The number of H-pyrrole nitrogens is 1. The number of hydrogen-bond donors (Lipinski definition) is 2. The number of carbonyl (C=O) groups is 1. The summed E-state index contributed by atoms with van der Waals surface area (Å²) in [7, 11) is 1.15. The zero-order valence-corrected chi connectivity index (χ0v) is 8.55. The van der Waals surface area contributed by atoms with Gasteiger partial charge in [0.25, 0.3) is 5.56 Å². The van der Waals surface area contributed by atoms with Gasteiger partial charge >= 0.3 is 5.97 Å². The highest BCUT2D eigenvalue weighted by atomic mass is 32.1. The average Bonchev–Trinajstić information content (AvgIpc) is 2.65. The van der Waals surface area contributed by atoms with E-state index in [1.165, 1.54) is 11.3 Å². The molecule has 0 aliphatic rings. The molecule has 78 valence electrons. The van der Waals surface area contributed by atoms with E-state index < -0.39 is 11.5 Å². The Morgan fingerprint density at radius 1 is 1.53 bits per heavy atom. The summed E-state index contributed by atoms with van der Waals surface area (Å²) in [5, 5.41) is 13.5. The first kappa shape index (κ1) is 9.72. The standard InChI is InChI=1S/C9H7NO4S/c1-14-9(13)6-7(11)4-2-15-3-5(4)10-8(6)12/h2-3,11H,1H3,(H,10,12). The van der Waals surface area contributed by atoms with Crippen LogP contribution in [0.3, 0.4) is 0 Å². The van der Waals surface area contributed by atoms with Crippen molar-refractivity contribution in [3.63, 3.8) is 0 Å². The van der Waals surface area contributed by atoms with Crippen LogP contribution in [0.2, 0.25) is 0 Å². The predicted molar refractivity (Wildman–Crippen MR) is 55.5 cm³/mol. The van der Waals surface area contributed by atoms with Crippen molar-refractivity contribution in [2.24, 2.45) is 0 Å². The molecule has 0 aliphatic carbocycles. The van der Waals surface area contributed by atoms with Crippen LogP contribution in [0.4, 0.5) is 0 Å². The molecule has 0 spiro atoms. The summed E-state index contributed by atoms with van der Waals surface area (Å²) in [5.41, 5.74) is -0.496. The van der Waals surface area contributed by atoms with Crippen molar-refractivity contribution in [1.29, 1.82) is 0 Å². The number of rotatable bonds is 1. The van der Waals surface area contributed by atoms with Crippen LogP contribution in [0.1, 0.15) is 10.4 Å². The minimum atomic E-state index is -0.846. The summed E-state index contributed by atoms with van der Waals surface area (Å²) in [4.78, 5) is 25.2. The quantitative estimate of drug-likeness (QED) is 0.712. The predicted octanol–water partition coefficient (Wildman–Crippen LogP) is 1.08. The van der Waals surface area contributed by atoms with Gasteiger partial charge in [0, 0.05) is 10.8 Å². The van der Waals surface area contributed by atoms with Gasteiger partial charge in [0.1, 0.15) is 5.75 Å².